The summed E-state index contributed by atoms with van der Waals surface area (Å²) in [7, 11) is 0. The third-order valence-corrected chi connectivity index (χ3v) is 7.29. The van der Waals surface area contributed by atoms with Gasteiger partial charge in [0, 0.05) is 22.9 Å². The number of phenolic OH excluding ortho intramolecular Hbond substituents is 1. The zero-order valence-corrected chi connectivity index (χ0v) is 25.7. The van der Waals surface area contributed by atoms with Crippen LogP contribution in [0.1, 0.15) is 74.2 Å². The van der Waals surface area contributed by atoms with Crippen LogP contribution in [-0.4, -0.2) is 34.6 Å². The van der Waals surface area contributed by atoms with E-state index in [9.17, 15) is 19.5 Å². The van der Waals surface area contributed by atoms with E-state index < -0.39 is 17.8 Å². The number of carbonyl (C=O) groups is 3. The fourth-order valence-corrected chi connectivity index (χ4v) is 4.88. The molecule has 0 fully saturated rings. The minimum atomic E-state index is -1.04. The van der Waals surface area contributed by atoms with Crippen molar-refractivity contribution in [1.29, 1.82) is 0 Å². The van der Waals surface area contributed by atoms with Crippen LogP contribution in [0.5, 0.6) is 23.0 Å². The van der Waals surface area contributed by atoms with Crippen molar-refractivity contribution in [3.05, 3.63) is 83.9 Å². The van der Waals surface area contributed by atoms with Gasteiger partial charge in [-0.15, -0.1) is 0 Å². The Balaban J connectivity index is 1.51. The first-order valence-electron chi connectivity index (χ1n) is 15.3. The molecule has 236 valence electrons. The molecule has 0 spiro atoms. The average molecular weight is 613 g/mol. The van der Waals surface area contributed by atoms with Gasteiger partial charge in [0.05, 0.1) is 24.3 Å². The number of aromatic hydroxyl groups is 1. The minimum absolute atomic E-state index is 0.0365. The van der Waals surface area contributed by atoms with E-state index in [0.29, 0.717) is 46.0 Å². The summed E-state index contributed by atoms with van der Waals surface area (Å²) in [6, 6.07) is 20.8. The number of aliphatic carboxylic acids is 1. The Labute approximate surface area is 263 Å². The van der Waals surface area contributed by atoms with Gasteiger partial charge in [0.15, 0.2) is 0 Å². The van der Waals surface area contributed by atoms with E-state index in [-0.39, 0.29) is 24.2 Å². The van der Waals surface area contributed by atoms with Gasteiger partial charge in [-0.3, -0.25) is 14.4 Å². The van der Waals surface area contributed by atoms with Gasteiger partial charge < -0.3 is 30.3 Å². The number of carboxylic acid groups (broad SMARTS) is 1. The standard InChI is InChI=1S/C36H40N2O7/c1-3-4-5-6-7-10-21-44-31-18-13-24(2)22-30(31)38-36(43)29-23-32(27-11-8-9-12-28(27)35(29)42)45-26-16-14-25(15-17-26)37-33(39)19-20-34(40)41/h8-9,11-18,22-23,42H,3-7,10,19-21H2,1-2H3,(H,37,39)(H,38,43)(H,40,41). The smallest absolute Gasteiger partial charge is 0.303 e. The number of rotatable bonds is 16. The number of nitrogens with one attached hydrogen (secondary N) is 2. The summed E-state index contributed by atoms with van der Waals surface area (Å²) in [5.41, 5.74) is 1.99. The van der Waals surface area contributed by atoms with Gasteiger partial charge in [0.25, 0.3) is 5.91 Å². The molecule has 0 saturated carbocycles. The van der Waals surface area contributed by atoms with E-state index in [1.54, 1.807) is 42.5 Å². The van der Waals surface area contributed by atoms with Crippen molar-refractivity contribution in [1.82, 2.24) is 0 Å². The molecular formula is C36H40N2O7. The molecule has 9 heteroatoms. The highest BCUT2D eigenvalue weighted by molar-refractivity contribution is 6.11. The molecule has 0 unspecified atom stereocenters. The molecule has 45 heavy (non-hydrogen) atoms. The van der Waals surface area contributed by atoms with Crippen LogP contribution in [0.2, 0.25) is 0 Å². The number of hydrogen-bond donors (Lipinski definition) is 4. The lowest BCUT2D eigenvalue weighted by Gasteiger charge is -2.16. The fraction of sp³-hybridized carbons (Fsp3) is 0.306. The van der Waals surface area contributed by atoms with Crippen LogP contribution in [0.25, 0.3) is 10.8 Å². The van der Waals surface area contributed by atoms with Crippen molar-refractivity contribution >= 4 is 39.9 Å². The van der Waals surface area contributed by atoms with Crippen LogP contribution in [0.4, 0.5) is 11.4 Å². The number of aryl methyl sites for hydroxylation is 1. The Bertz CT molecular complexity index is 1630. The topological polar surface area (TPSA) is 134 Å². The molecule has 4 rings (SSSR count). The first-order valence-corrected chi connectivity index (χ1v) is 15.3. The Hall–Kier alpha value is -5.05. The van der Waals surface area contributed by atoms with Gasteiger partial charge >= 0.3 is 5.97 Å². The van der Waals surface area contributed by atoms with Crippen molar-refractivity contribution in [2.45, 2.75) is 65.2 Å². The first-order chi connectivity index (χ1) is 21.7. The fourth-order valence-electron chi connectivity index (χ4n) is 4.88. The van der Waals surface area contributed by atoms with Gasteiger partial charge in [-0.2, -0.15) is 0 Å². The zero-order chi connectivity index (χ0) is 32.2. The molecule has 0 radical (unpaired) electrons. The van der Waals surface area contributed by atoms with E-state index >= 15 is 0 Å². The molecule has 4 aromatic carbocycles. The number of unbranched alkanes of at least 4 members (excludes halogenated alkanes) is 5. The maximum absolute atomic E-state index is 13.6. The second-order valence-electron chi connectivity index (χ2n) is 11.0. The summed E-state index contributed by atoms with van der Waals surface area (Å²) in [6.45, 7) is 4.67. The molecule has 0 aliphatic carbocycles. The van der Waals surface area contributed by atoms with Crippen LogP contribution < -0.4 is 20.1 Å². The van der Waals surface area contributed by atoms with Crippen LogP contribution in [0.15, 0.2) is 72.8 Å². The first kappa shape index (κ1) is 32.9. The minimum Gasteiger partial charge on any atom is -0.506 e. The molecule has 0 aliphatic rings. The second kappa shape index (κ2) is 16.1. The van der Waals surface area contributed by atoms with Crippen molar-refractivity contribution in [2.75, 3.05) is 17.2 Å². The maximum Gasteiger partial charge on any atom is 0.303 e. The molecule has 0 heterocycles. The van der Waals surface area contributed by atoms with Crippen molar-refractivity contribution in [3.8, 4) is 23.0 Å². The number of benzene rings is 4. The normalized spacial score (nSPS) is 10.8. The van der Waals surface area contributed by atoms with Crippen LogP contribution in [-0.2, 0) is 9.59 Å². The molecule has 0 aliphatic heterocycles. The molecule has 0 bridgehead atoms. The monoisotopic (exact) mass is 612 g/mol. The Kier molecular flexibility index (Phi) is 11.8. The SMILES string of the molecule is CCCCCCCCOc1ccc(C)cc1NC(=O)c1cc(Oc2ccc(NC(=O)CCC(=O)O)cc2)c2ccccc2c1O. The number of anilines is 2. The quantitative estimate of drug-likeness (QED) is 0.0933. The molecular weight excluding hydrogens is 572 g/mol. The average Bonchev–Trinajstić information content (AvgIpc) is 3.02. The number of amides is 2. The maximum atomic E-state index is 13.6. The summed E-state index contributed by atoms with van der Waals surface area (Å²) in [5, 5.41) is 26.6. The largest absolute Gasteiger partial charge is 0.506 e. The Morgan fingerprint density at radius 2 is 1.49 bits per heavy atom. The van der Waals surface area contributed by atoms with E-state index in [0.717, 1.165) is 18.4 Å². The van der Waals surface area contributed by atoms with Crippen LogP contribution >= 0.6 is 0 Å². The van der Waals surface area contributed by atoms with Gasteiger partial charge in [-0.1, -0.05) is 69.4 Å². The predicted octanol–water partition coefficient (Wildman–Crippen LogP) is 8.44. The number of carboxylic acids is 1. The van der Waals surface area contributed by atoms with E-state index in [4.69, 9.17) is 14.6 Å². The lowest BCUT2D eigenvalue weighted by molar-refractivity contribution is -0.138. The summed E-state index contributed by atoms with van der Waals surface area (Å²) in [4.78, 5) is 36.3. The van der Waals surface area contributed by atoms with Crippen molar-refractivity contribution < 1.29 is 34.1 Å². The molecule has 4 aromatic rings. The van der Waals surface area contributed by atoms with E-state index in [2.05, 4.69) is 17.6 Å². The highest BCUT2D eigenvalue weighted by Gasteiger charge is 2.20. The third-order valence-electron chi connectivity index (χ3n) is 7.29. The Morgan fingerprint density at radius 3 is 2.22 bits per heavy atom. The second-order valence-corrected chi connectivity index (χ2v) is 11.0. The summed E-state index contributed by atoms with van der Waals surface area (Å²) in [5.74, 6) is -0.778. The lowest BCUT2D eigenvalue weighted by Crippen LogP contribution is -2.14. The van der Waals surface area contributed by atoms with Crippen LogP contribution in [0, 0.1) is 6.92 Å². The zero-order valence-electron chi connectivity index (χ0n) is 25.7. The molecule has 0 aromatic heterocycles. The summed E-state index contributed by atoms with van der Waals surface area (Å²) >= 11 is 0. The molecule has 9 nitrogen and oxygen atoms in total. The number of phenols is 1. The number of carbonyl (C=O) groups excluding carboxylic acids is 2. The highest BCUT2D eigenvalue weighted by Crippen LogP contribution is 2.39. The number of fused-ring (bicyclic) bond motifs is 1. The highest BCUT2D eigenvalue weighted by atomic mass is 16.5. The van der Waals surface area contributed by atoms with Crippen molar-refractivity contribution in [3.63, 3.8) is 0 Å². The predicted molar refractivity (Wildman–Crippen MR) is 176 cm³/mol. The summed E-state index contributed by atoms with van der Waals surface area (Å²) in [6.07, 6.45) is 6.48. The van der Waals surface area contributed by atoms with Gasteiger partial charge in [0.1, 0.15) is 23.0 Å². The van der Waals surface area contributed by atoms with E-state index in [1.165, 1.54) is 31.7 Å². The third kappa shape index (κ3) is 9.47. The number of ether oxygens (including phenoxy) is 2. The molecule has 0 atom stereocenters. The van der Waals surface area contributed by atoms with Gasteiger partial charge in [-0.05, 0) is 61.4 Å². The van der Waals surface area contributed by atoms with Crippen molar-refractivity contribution in [2.24, 2.45) is 0 Å². The molecule has 4 N–H and O–H groups in total. The molecule has 0 saturated heterocycles. The van der Waals surface area contributed by atoms with Crippen LogP contribution in [0.3, 0.4) is 0 Å². The number of hydrogen-bond acceptors (Lipinski definition) is 6. The molecule has 2 amide bonds. The summed E-state index contributed by atoms with van der Waals surface area (Å²) < 4.78 is 12.2. The lowest BCUT2D eigenvalue weighted by atomic mass is 10.0. The van der Waals surface area contributed by atoms with E-state index in [1.807, 2.05) is 31.2 Å². The Morgan fingerprint density at radius 1 is 0.778 bits per heavy atom. The van der Waals surface area contributed by atoms with Gasteiger partial charge in [-0.25, -0.2) is 0 Å². The van der Waals surface area contributed by atoms with Gasteiger partial charge in [0.2, 0.25) is 5.91 Å².